The monoisotopic (exact) mass is 191 g/mol. The number of aldehydes is 2. The summed E-state index contributed by atoms with van der Waals surface area (Å²) >= 11 is 0. The number of rotatable bonds is 3. The topological polar surface area (TPSA) is 63.2 Å². The van der Waals surface area contributed by atoms with E-state index in [2.05, 4.69) is 5.32 Å². The number of benzene rings is 1. The minimum atomic E-state index is -0.245. The zero-order chi connectivity index (χ0) is 10.6. The first-order valence-corrected chi connectivity index (χ1v) is 3.98. The predicted octanol–water partition coefficient (Wildman–Crippen LogP) is 1.27. The molecule has 0 saturated carbocycles. The summed E-state index contributed by atoms with van der Waals surface area (Å²) < 4.78 is 0. The highest BCUT2D eigenvalue weighted by atomic mass is 16.1. The molecule has 4 heteroatoms. The standard InChI is InChI=1S/C10H9NO3/c1-7(14)11-10-3-8(5-12)2-9(4-10)6-13/h2-6H,1H3,(H,11,14). The maximum Gasteiger partial charge on any atom is 0.221 e. The second-order valence-corrected chi connectivity index (χ2v) is 2.81. The number of anilines is 1. The summed E-state index contributed by atoms with van der Waals surface area (Å²) in [4.78, 5) is 31.7. The first-order chi connectivity index (χ1) is 6.65. The van der Waals surface area contributed by atoms with Gasteiger partial charge in [-0.05, 0) is 18.2 Å². The van der Waals surface area contributed by atoms with E-state index in [1.807, 2.05) is 0 Å². The zero-order valence-corrected chi connectivity index (χ0v) is 7.61. The highest BCUT2D eigenvalue weighted by molar-refractivity contribution is 5.92. The van der Waals surface area contributed by atoms with Gasteiger partial charge in [-0.1, -0.05) is 0 Å². The quantitative estimate of drug-likeness (QED) is 0.732. The van der Waals surface area contributed by atoms with Gasteiger partial charge in [-0.15, -0.1) is 0 Å². The SMILES string of the molecule is CC(=O)Nc1cc(C=O)cc(C=O)c1. The Morgan fingerprint density at radius 3 is 2.00 bits per heavy atom. The molecule has 1 rings (SSSR count). The van der Waals surface area contributed by atoms with Crippen molar-refractivity contribution in [3.63, 3.8) is 0 Å². The molecule has 0 aromatic heterocycles. The fourth-order valence-corrected chi connectivity index (χ4v) is 1.09. The van der Waals surface area contributed by atoms with Crippen LogP contribution in [0.2, 0.25) is 0 Å². The van der Waals surface area contributed by atoms with Gasteiger partial charge in [0.05, 0.1) is 0 Å². The molecule has 0 heterocycles. The average Bonchev–Trinajstić information content (AvgIpc) is 2.16. The normalized spacial score (nSPS) is 9.21. The lowest BCUT2D eigenvalue weighted by molar-refractivity contribution is -0.114. The lowest BCUT2D eigenvalue weighted by Gasteiger charge is -2.03. The summed E-state index contributed by atoms with van der Waals surface area (Å²) in [6.45, 7) is 1.36. The molecule has 1 N–H and O–H groups in total. The predicted molar refractivity (Wildman–Crippen MR) is 51.5 cm³/mol. The zero-order valence-electron chi connectivity index (χ0n) is 7.61. The Morgan fingerprint density at radius 1 is 1.14 bits per heavy atom. The summed E-state index contributed by atoms with van der Waals surface area (Å²) in [5.41, 5.74) is 1.17. The van der Waals surface area contributed by atoms with Gasteiger partial charge >= 0.3 is 0 Å². The van der Waals surface area contributed by atoms with Crippen molar-refractivity contribution in [2.75, 3.05) is 5.32 Å². The Kier molecular flexibility index (Phi) is 3.12. The lowest BCUT2D eigenvalue weighted by atomic mass is 10.1. The molecule has 0 spiro atoms. The second-order valence-electron chi connectivity index (χ2n) is 2.81. The van der Waals surface area contributed by atoms with Crippen LogP contribution in [0.4, 0.5) is 5.69 Å². The Morgan fingerprint density at radius 2 is 1.64 bits per heavy atom. The van der Waals surface area contributed by atoms with E-state index < -0.39 is 0 Å². The molecule has 14 heavy (non-hydrogen) atoms. The molecule has 0 fully saturated rings. The summed E-state index contributed by atoms with van der Waals surface area (Å²) in [7, 11) is 0. The molecule has 0 saturated heterocycles. The minimum absolute atomic E-state index is 0.245. The fraction of sp³-hybridized carbons (Fsp3) is 0.100. The number of amides is 1. The molecule has 1 aromatic rings. The van der Waals surface area contributed by atoms with Crippen LogP contribution in [-0.2, 0) is 4.79 Å². The highest BCUT2D eigenvalue weighted by Crippen LogP contribution is 2.12. The Labute approximate surface area is 80.9 Å². The Balaban J connectivity index is 3.09. The van der Waals surface area contributed by atoms with Gasteiger partial charge in [0.25, 0.3) is 0 Å². The first-order valence-electron chi connectivity index (χ1n) is 3.98. The van der Waals surface area contributed by atoms with Gasteiger partial charge in [-0.2, -0.15) is 0 Å². The van der Waals surface area contributed by atoms with E-state index in [1.54, 1.807) is 0 Å². The number of hydrogen-bond donors (Lipinski definition) is 1. The second kappa shape index (κ2) is 4.32. The van der Waals surface area contributed by atoms with Crippen LogP contribution in [0.15, 0.2) is 18.2 Å². The van der Waals surface area contributed by atoms with Crippen molar-refractivity contribution in [1.82, 2.24) is 0 Å². The largest absolute Gasteiger partial charge is 0.326 e. The molecule has 0 unspecified atom stereocenters. The van der Waals surface area contributed by atoms with Crippen LogP contribution in [0, 0.1) is 0 Å². The third kappa shape index (κ3) is 2.52. The van der Waals surface area contributed by atoms with Crippen molar-refractivity contribution in [2.24, 2.45) is 0 Å². The van der Waals surface area contributed by atoms with Gasteiger partial charge in [-0.3, -0.25) is 14.4 Å². The average molecular weight is 191 g/mol. The summed E-state index contributed by atoms with van der Waals surface area (Å²) in [5.74, 6) is -0.245. The van der Waals surface area contributed by atoms with Gasteiger partial charge in [0.2, 0.25) is 5.91 Å². The van der Waals surface area contributed by atoms with Crippen LogP contribution in [0.25, 0.3) is 0 Å². The first kappa shape index (κ1) is 10.1. The van der Waals surface area contributed by atoms with E-state index in [4.69, 9.17) is 0 Å². The van der Waals surface area contributed by atoms with Crippen molar-refractivity contribution in [3.05, 3.63) is 29.3 Å². The maximum absolute atomic E-state index is 10.7. The van der Waals surface area contributed by atoms with Crippen molar-refractivity contribution >= 4 is 24.2 Å². The summed E-state index contributed by atoms with van der Waals surface area (Å²) in [6.07, 6.45) is 1.25. The van der Waals surface area contributed by atoms with Crippen molar-refractivity contribution < 1.29 is 14.4 Å². The van der Waals surface area contributed by atoms with Crippen LogP contribution in [-0.4, -0.2) is 18.5 Å². The van der Waals surface area contributed by atoms with Crippen molar-refractivity contribution in [3.8, 4) is 0 Å². The van der Waals surface area contributed by atoms with Crippen molar-refractivity contribution in [2.45, 2.75) is 6.92 Å². The van der Waals surface area contributed by atoms with Crippen LogP contribution in [0.5, 0.6) is 0 Å². The van der Waals surface area contributed by atoms with Gasteiger partial charge in [0.1, 0.15) is 12.6 Å². The smallest absolute Gasteiger partial charge is 0.221 e. The van der Waals surface area contributed by atoms with E-state index in [-0.39, 0.29) is 5.91 Å². The molecule has 4 nitrogen and oxygen atoms in total. The number of carbonyl (C=O) groups is 3. The molecule has 72 valence electrons. The van der Waals surface area contributed by atoms with Crippen LogP contribution >= 0.6 is 0 Å². The third-order valence-electron chi connectivity index (χ3n) is 1.57. The Hall–Kier alpha value is -1.97. The number of hydrogen-bond acceptors (Lipinski definition) is 3. The maximum atomic E-state index is 10.7. The molecular weight excluding hydrogens is 182 g/mol. The molecule has 0 aliphatic carbocycles. The lowest BCUT2D eigenvalue weighted by Crippen LogP contribution is -2.06. The molecule has 0 aliphatic rings. The highest BCUT2D eigenvalue weighted by Gasteiger charge is 2.01. The minimum Gasteiger partial charge on any atom is -0.326 e. The molecule has 0 bridgehead atoms. The van der Waals surface area contributed by atoms with Gasteiger partial charge < -0.3 is 5.32 Å². The fourth-order valence-electron chi connectivity index (χ4n) is 1.09. The van der Waals surface area contributed by atoms with Crippen LogP contribution in [0.1, 0.15) is 27.6 Å². The molecule has 0 radical (unpaired) electrons. The van der Waals surface area contributed by atoms with Gasteiger partial charge in [0.15, 0.2) is 0 Å². The van der Waals surface area contributed by atoms with E-state index >= 15 is 0 Å². The molecule has 1 aromatic carbocycles. The van der Waals surface area contributed by atoms with E-state index in [0.29, 0.717) is 29.4 Å². The summed E-state index contributed by atoms with van der Waals surface area (Å²) in [6, 6.07) is 4.45. The molecular formula is C10H9NO3. The van der Waals surface area contributed by atoms with Crippen LogP contribution in [0.3, 0.4) is 0 Å². The molecule has 0 aliphatic heterocycles. The summed E-state index contributed by atoms with van der Waals surface area (Å²) in [5, 5.41) is 2.50. The number of nitrogens with one attached hydrogen (secondary N) is 1. The van der Waals surface area contributed by atoms with Gasteiger partial charge in [-0.25, -0.2) is 0 Å². The van der Waals surface area contributed by atoms with Crippen LogP contribution < -0.4 is 5.32 Å². The third-order valence-corrected chi connectivity index (χ3v) is 1.57. The van der Waals surface area contributed by atoms with Crippen molar-refractivity contribution in [1.29, 1.82) is 0 Å². The van der Waals surface area contributed by atoms with E-state index in [9.17, 15) is 14.4 Å². The van der Waals surface area contributed by atoms with Gasteiger partial charge in [0, 0.05) is 23.7 Å². The molecule has 1 amide bonds. The molecule has 0 atom stereocenters. The number of carbonyl (C=O) groups excluding carboxylic acids is 3. The Bertz CT molecular complexity index is 359. The van der Waals surface area contributed by atoms with E-state index in [1.165, 1.54) is 25.1 Å². The van der Waals surface area contributed by atoms with E-state index in [0.717, 1.165) is 0 Å².